The number of aryl methyl sites for hydroxylation is 2. The molecule has 5 aromatic rings. The van der Waals surface area contributed by atoms with Crippen molar-refractivity contribution in [3.05, 3.63) is 77.5 Å². The number of fused-ring (bicyclic) bond motifs is 3. The van der Waals surface area contributed by atoms with Crippen LogP contribution in [0.25, 0.3) is 22.4 Å². The number of rotatable bonds is 5. The Balaban J connectivity index is 1.48. The van der Waals surface area contributed by atoms with E-state index >= 15 is 0 Å². The zero-order valence-corrected chi connectivity index (χ0v) is 18.1. The van der Waals surface area contributed by atoms with Crippen molar-refractivity contribution in [1.29, 1.82) is 0 Å². The number of hydrogen-bond donors (Lipinski definition) is 0. The molecule has 0 bridgehead atoms. The molecule has 3 aromatic heterocycles. The fourth-order valence-electron chi connectivity index (χ4n) is 3.69. The van der Waals surface area contributed by atoms with E-state index in [0.717, 1.165) is 33.7 Å². The maximum absolute atomic E-state index is 6.11. The lowest BCUT2D eigenvalue weighted by Crippen LogP contribution is -2.02. The highest BCUT2D eigenvalue weighted by molar-refractivity contribution is 5.89. The molecule has 5 rings (SSSR count). The zero-order chi connectivity index (χ0) is 21.5. The van der Waals surface area contributed by atoms with E-state index in [0.29, 0.717) is 18.3 Å². The van der Waals surface area contributed by atoms with Gasteiger partial charge in [0.1, 0.15) is 18.7 Å². The molecule has 7 heteroatoms. The maximum Gasteiger partial charge on any atom is 0.189 e. The number of nitrogens with zero attached hydrogens (tertiary/aromatic N) is 6. The molecule has 0 fully saturated rings. The summed E-state index contributed by atoms with van der Waals surface area (Å²) in [6.07, 6.45) is 3.46. The summed E-state index contributed by atoms with van der Waals surface area (Å²) in [7, 11) is 0. The first-order valence-corrected chi connectivity index (χ1v) is 10.4. The van der Waals surface area contributed by atoms with Crippen LogP contribution in [0.15, 0.2) is 55.0 Å². The number of hydrogen-bond acceptors (Lipinski definition) is 5. The van der Waals surface area contributed by atoms with Crippen LogP contribution in [-0.4, -0.2) is 29.4 Å². The molecule has 7 nitrogen and oxygen atoms in total. The Morgan fingerprint density at radius 1 is 0.968 bits per heavy atom. The number of benzene rings is 2. The SMILES string of the molecule is Cc1ccc(-n2ncc3c2ncn2nc(COc4cc(C)ccc4C(C)C)nc32)cc1. The van der Waals surface area contributed by atoms with Gasteiger partial charge in [0.05, 0.1) is 17.3 Å². The maximum atomic E-state index is 6.11. The fourth-order valence-corrected chi connectivity index (χ4v) is 3.69. The molecule has 0 aliphatic heterocycles. The van der Waals surface area contributed by atoms with Crippen molar-refractivity contribution in [1.82, 2.24) is 29.4 Å². The minimum Gasteiger partial charge on any atom is -0.485 e. The van der Waals surface area contributed by atoms with Gasteiger partial charge in [0.25, 0.3) is 0 Å². The molecular formula is C24H24N6O. The molecule has 0 atom stereocenters. The first kappa shape index (κ1) is 19.2. The van der Waals surface area contributed by atoms with Crippen LogP contribution in [0.3, 0.4) is 0 Å². The molecule has 0 radical (unpaired) electrons. The van der Waals surface area contributed by atoms with Crippen molar-refractivity contribution in [2.45, 2.75) is 40.2 Å². The van der Waals surface area contributed by atoms with Crippen molar-refractivity contribution in [2.75, 3.05) is 0 Å². The first-order valence-electron chi connectivity index (χ1n) is 10.4. The molecule has 0 amide bonds. The smallest absolute Gasteiger partial charge is 0.189 e. The molecule has 0 N–H and O–H groups in total. The summed E-state index contributed by atoms with van der Waals surface area (Å²) in [5.41, 5.74) is 5.97. The van der Waals surface area contributed by atoms with Gasteiger partial charge in [-0.15, -0.1) is 5.10 Å². The van der Waals surface area contributed by atoms with Gasteiger partial charge in [-0.2, -0.15) is 5.10 Å². The summed E-state index contributed by atoms with van der Waals surface area (Å²) >= 11 is 0. The van der Waals surface area contributed by atoms with E-state index < -0.39 is 0 Å². The van der Waals surface area contributed by atoms with E-state index in [1.165, 1.54) is 11.1 Å². The molecule has 0 saturated heterocycles. The first-order chi connectivity index (χ1) is 15.0. The third kappa shape index (κ3) is 3.52. The van der Waals surface area contributed by atoms with E-state index in [2.05, 4.69) is 73.2 Å². The van der Waals surface area contributed by atoms with Gasteiger partial charge in [0.2, 0.25) is 0 Å². The van der Waals surface area contributed by atoms with Crippen molar-refractivity contribution >= 4 is 16.7 Å². The Bertz CT molecular complexity index is 1380. The van der Waals surface area contributed by atoms with E-state index in [9.17, 15) is 0 Å². The normalized spacial score (nSPS) is 11.6. The minimum atomic E-state index is 0.290. The van der Waals surface area contributed by atoms with Crippen LogP contribution in [0.4, 0.5) is 0 Å². The van der Waals surface area contributed by atoms with Gasteiger partial charge in [-0.05, 0) is 49.1 Å². The topological polar surface area (TPSA) is 70.1 Å². The summed E-state index contributed by atoms with van der Waals surface area (Å²) < 4.78 is 9.62. The lowest BCUT2D eigenvalue weighted by molar-refractivity contribution is 0.291. The van der Waals surface area contributed by atoms with Crippen LogP contribution in [0.1, 0.15) is 42.3 Å². The molecule has 31 heavy (non-hydrogen) atoms. The average Bonchev–Trinajstić information content (AvgIpc) is 3.36. The lowest BCUT2D eigenvalue weighted by Gasteiger charge is -2.13. The van der Waals surface area contributed by atoms with Crippen LogP contribution in [0.5, 0.6) is 5.75 Å². The van der Waals surface area contributed by atoms with Gasteiger partial charge in [0, 0.05) is 0 Å². The van der Waals surface area contributed by atoms with E-state index in [4.69, 9.17) is 9.72 Å². The predicted octanol–water partition coefficient (Wildman–Crippen LogP) is 4.78. The van der Waals surface area contributed by atoms with Crippen LogP contribution in [0, 0.1) is 13.8 Å². The van der Waals surface area contributed by atoms with Crippen LogP contribution in [0.2, 0.25) is 0 Å². The van der Waals surface area contributed by atoms with E-state index in [1.54, 1.807) is 17.0 Å². The second-order valence-corrected chi connectivity index (χ2v) is 8.15. The highest BCUT2D eigenvalue weighted by atomic mass is 16.5. The Kier molecular flexibility index (Phi) is 4.66. The average molecular weight is 412 g/mol. The highest BCUT2D eigenvalue weighted by Crippen LogP contribution is 2.28. The van der Waals surface area contributed by atoms with Crippen LogP contribution >= 0.6 is 0 Å². The van der Waals surface area contributed by atoms with Crippen LogP contribution < -0.4 is 4.74 Å². The summed E-state index contributed by atoms with van der Waals surface area (Å²) in [5.74, 6) is 1.86. The third-order valence-electron chi connectivity index (χ3n) is 5.38. The fraction of sp³-hybridized carbons (Fsp3) is 0.250. The summed E-state index contributed by atoms with van der Waals surface area (Å²) in [6.45, 7) is 8.74. The Morgan fingerprint density at radius 3 is 2.52 bits per heavy atom. The van der Waals surface area contributed by atoms with Crippen molar-refractivity contribution in [3.63, 3.8) is 0 Å². The summed E-state index contributed by atoms with van der Waals surface area (Å²) in [5, 5.41) is 9.93. The molecule has 156 valence electrons. The molecule has 0 aliphatic carbocycles. The van der Waals surface area contributed by atoms with Gasteiger partial charge in [0.15, 0.2) is 17.1 Å². The molecule has 2 aromatic carbocycles. The summed E-state index contributed by atoms with van der Waals surface area (Å²) in [4.78, 5) is 9.28. The minimum absolute atomic E-state index is 0.290. The standard InChI is InChI=1S/C24H24N6O/c1-15(2)19-10-7-17(4)11-21(19)31-13-22-27-24-20-12-26-30(18-8-5-16(3)6-9-18)23(20)25-14-29(24)28-22/h5-12,14-15H,13H2,1-4H3. The Hall–Kier alpha value is -3.74. The van der Waals surface area contributed by atoms with E-state index in [-0.39, 0.29) is 0 Å². The largest absolute Gasteiger partial charge is 0.485 e. The molecule has 0 spiro atoms. The van der Waals surface area contributed by atoms with Gasteiger partial charge in [-0.1, -0.05) is 43.7 Å². The quantitative estimate of drug-likeness (QED) is 0.415. The molecular weight excluding hydrogens is 388 g/mol. The van der Waals surface area contributed by atoms with Gasteiger partial charge < -0.3 is 4.74 Å². The monoisotopic (exact) mass is 412 g/mol. The lowest BCUT2D eigenvalue weighted by atomic mass is 10.0. The highest BCUT2D eigenvalue weighted by Gasteiger charge is 2.15. The zero-order valence-electron chi connectivity index (χ0n) is 18.1. The predicted molar refractivity (Wildman–Crippen MR) is 120 cm³/mol. The van der Waals surface area contributed by atoms with Gasteiger partial charge in [-0.3, -0.25) is 0 Å². The molecule has 0 aliphatic rings. The van der Waals surface area contributed by atoms with Crippen molar-refractivity contribution < 1.29 is 4.74 Å². The van der Waals surface area contributed by atoms with Crippen LogP contribution in [-0.2, 0) is 6.61 Å². The number of aromatic nitrogens is 6. The molecule has 3 heterocycles. The second-order valence-electron chi connectivity index (χ2n) is 8.15. The molecule has 0 saturated carbocycles. The second kappa shape index (κ2) is 7.50. The molecule has 0 unspecified atom stereocenters. The number of ether oxygens (including phenoxy) is 1. The third-order valence-corrected chi connectivity index (χ3v) is 5.38. The van der Waals surface area contributed by atoms with E-state index in [1.807, 2.05) is 16.8 Å². The summed E-state index contributed by atoms with van der Waals surface area (Å²) in [6, 6.07) is 14.5. The van der Waals surface area contributed by atoms with Crippen molar-refractivity contribution in [2.24, 2.45) is 0 Å². The Labute approximate surface area is 180 Å². The van der Waals surface area contributed by atoms with Crippen molar-refractivity contribution in [3.8, 4) is 11.4 Å². The Morgan fingerprint density at radius 2 is 1.74 bits per heavy atom. The van der Waals surface area contributed by atoms with Gasteiger partial charge in [-0.25, -0.2) is 19.2 Å². The van der Waals surface area contributed by atoms with Gasteiger partial charge >= 0.3 is 0 Å².